The quantitative estimate of drug-likeness (QED) is 0.515. The highest BCUT2D eigenvalue weighted by atomic mass is 32.2. The number of amides is 2. The third-order valence-corrected chi connectivity index (χ3v) is 4.84. The van der Waals surface area contributed by atoms with E-state index in [2.05, 4.69) is 10.6 Å². The highest BCUT2D eigenvalue weighted by Gasteiger charge is 2.07. The van der Waals surface area contributed by atoms with Crippen LogP contribution in [0, 0.1) is 18.3 Å². The van der Waals surface area contributed by atoms with E-state index in [1.807, 2.05) is 55.6 Å². The van der Waals surface area contributed by atoms with E-state index in [1.165, 1.54) is 17.8 Å². The van der Waals surface area contributed by atoms with Gasteiger partial charge in [-0.3, -0.25) is 9.59 Å². The monoisotopic (exact) mass is 393 g/mol. The second-order valence-corrected chi connectivity index (χ2v) is 7.04. The molecule has 6 heteroatoms. The van der Waals surface area contributed by atoms with E-state index in [9.17, 15) is 9.59 Å². The first-order valence-electron chi connectivity index (χ1n) is 8.92. The summed E-state index contributed by atoms with van der Waals surface area (Å²) in [6.45, 7) is 2.41. The normalized spacial score (nSPS) is 10.8. The van der Waals surface area contributed by atoms with E-state index < -0.39 is 0 Å². The van der Waals surface area contributed by atoms with E-state index in [0.717, 1.165) is 16.0 Å². The second-order valence-electron chi connectivity index (χ2n) is 6.19. The molecule has 2 amide bonds. The van der Waals surface area contributed by atoms with Crippen molar-refractivity contribution in [3.05, 3.63) is 71.3 Å². The van der Waals surface area contributed by atoms with Gasteiger partial charge < -0.3 is 10.6 Å². The van der Waals surface area contributed by atoms with Crippen molar-refractivity contribution < 1.29 is 9.59 Å². The van der Waals surface area contributed by atoms with Crippen molar-refractivity contribution in [1.82, 2.24) is 5.32 Å². The van der Waals surface area contributed by atoms with Gasteiger partial charge in [0, 0.05) is 35.2 Å². The maximum absolute atomic E-state index is 12.1. The van der Waals surface area contributed by atoms with Crippen molar-refractivity contribution in [3.63, 3.8) is 0 Å². The first-order chi connectivity index (χ1) is 13.5. The fourth-order valence-corrected chi connectivity index (χ4v) is 3.06. The van der Waals surface area contributed by atoms with E-state index in [4.69, 9.17) is 5.26 Å². The Labute approximate surface area is 169 Å². The van der Waals surface area contributed by atoms with Crippen LogP contribution in [0.5, 0.6) is 0 Å². The van der Waals surface area contributed by atoms with E-state index >= 15 is 0 Å². The SMILES string of the molecule is CS/C(=C/C#N)c1ccc(NC(=O)CCCNC(=O)c2ccc(C)cc2)cc1. The summed E-state index contributed by atoms with van der Waals surface area (Å²) in [5.74, 6) is -0.235. The largest absolute Gasteiger partial charge is 0.352 e. The molecule has 28 heavy (non-hydrogen) atoms. The summed E-state index contributed by atoms with van der Waals surface area (Å²) in [6, 6.07) is 16.8. The molecule has 144 valence electrons. The maximum Gasteiger partial charge on any atom is 0.251 e. The molecule has 0 fully saturated rings. The lowest BCUT2D eigenvalue weighted by molar-refractivity contribution is -0.116. The fourth-order valence-electron chi connectivity index (χ4n) is 2.52. The highest BCUT2D eigenvalue weighted by Crippen LogP contribution is 2.25. The summed E-state index contributed by atoms with van der Waals surface area (Å²) >= 11 is 1.50. The second kappa shape index (κ2) is 11.0. The highest BCUT2D eigenvalue weighted by molar-refractivity contribution is 8.07. The number of hydrogen-bond acceptors (Lipinski definition) is 4. The Hall–Kier alpha value is -3.04. The molecule has 0 aliphatic rings. The van der Waals surface area contributed by atoms with Crippen LogP contribution in [0.25, 0.3) is 4.91 Å². The molecule has 0 saturated carbocycles. The minimum Gasteiger partial charge on any atom is -0.352 e. The van der Waals surface area contributed by atoms with Crippen molar-refractivity contribution in [2.24, 2.45) is 0 Å². The number of aryl methyl sites for hydroxylation is 1. The molecule has 0 spiro atoms. The van der Waals surface area contributed by atoms with Gasteiger partial charge in [0.25, 0.3) is 5.91 Å². The van der Waals surface area contributed by atoms with Gasteiger partial charge in [-0.25, -0.2) is 0 Å². The van der Waals surface area contributed by atoms with Crippen LogP contribution in [0.4, 0.5) is 5.69 Å². The number of carbonyl (C=O) groups is 2. The van der Waals surface area contributed by atoms with Gasteiger partial charge in [0.05, 0.1) is 6.07 Å². The number of benzene rings is 2. The van der Waals surface area contributed by atoms with Crippen molar-refractivity contribution >= 4 is 34.2 Å². The molecular weight excluding hydrogens is 370 g/mol. The number of anilines is 1. The molecular formula is C22H23N3O2S. The van der Waals surface area contributed by atoms with Gasteiger partial charge in [-0.15, -0.1) is 11.8 Å². The van der Waals surface area contributed by atoms with Crippen LogP contribution < -0.4 is 10.6 Å². The molecule has 0 heterocycles. The third-order valence-electron chi connectivity index (χ3n) is 4.05. The first kappa shape index (κ1) is 21.3. The average molecular weight is 394 g/mol. The number of hydrogen-bond donors (Lipinski definition) is 2. The Morgan fingerprint density at radius 2 is 1.71 bits per heavy atom. The molecule has 2 rings (SSSR count). The van der Waals surface area contributed by atoms with Crippen LogP contribution in [-0.4, -0.2) is 24.6 Å². The molecule has 0 bridgehead atoms. The van der Waals surface area contributed by atoms with Gasteiger partial charge in [-0.1, -0.05) is 29.8 Å². The van der Waals surface area contributed by atoms with Gasteiger partial charge in [0.2, 0.25) is 5.91 Å². The minimum atomic E-state index is -0.133. The molecule has 0 radical (unpaired) electrons. The minimum absolute atomic E-state index is 0.102. The summed E-state index contributed by atoms with van der Waals surface area (Å²) in [6.07, 6.45) is 4.29. The number of allylic oxidation sites excluding steroid dienone is 1. The molecule has 2 aromatic rings. The number of carbonyl (C=O) groups excluding carboxylic acids is 2. The molecule has 2 N–H and O–H groups in total. The molecule has 0 aromatic heterocycles. The Bertz CT molecular complexity index is 881. The third kappa shape index (κ3) is 6.60. The van der Waals surface area contributed by atoms with Gasteiger partial charge in [0.15, 0.2) is 0 Å². The number of nitriles is 1. The Morgan fingerprint density at radius 1 is 1.07 bits per heavy atom. The Kier molecular flexibility index (Phi) is 8.32. The molecule has 5 nitrogen and oxygen atoms in total. The van der Waals surface area contributed by atoms with Gasteiger partial charge in [-0.2, -0.15) is 5.26 Å². The summed E-state index contributed by atoms with van der Waals surface area (Å²) < 4.78 is 0. The summed E-state index contributed by atoms with van der Waals surface area (Å²) in [4.78, 5) is 25.0. The summed E-state index contributed by atoms with van der Waals surface area (Å²) in [7, 11) is 0. The first-order valence-corrected chi connectivity index (χ1v) is 10.1. The van der Waals surface area contributed by atoms with Crippen molar-refractivity contribution in [2.75, 3.05) is 18.1 Å². The van der Waals surface area contributed by atoms with Gasteiger partial charge >= 0.3 is 0 Å². The lowest BCUT2D eigenvalue weighted by Crippen LogP contribution is -2.25. The average Bonchev–Trinajstić information content (AvgIpc) is 2.70. The topological polar surface area (TPSA) is 82.0 Å². The maximum atomic E-state index is 12.1. The van der Waals surface area contributed by atoms with Crippen molar-refractivity contribution in [3.8, 4) is 6.07 Å². The number of nitrogens with one attached hydrogen (secondary N) is 2. The summed E-state index contributed by atoms with van der Waals surface area (Å²) in [5.41, 5.74) is 3.36. The zero-order chi connectivity index (χ0) is 20.4. The molecule has 0 saturated heterocycles. The predicted octanol–water partition coefficient (Wildman–Crippen LogP) is 4.37. The molecule has 0 aliphatic carbocycles. The van der Waals surface area contributed by atoms with Gasteiger partial charge in [0.1, 0.15) is 0 Å². The zero-order valence-corrected chi connectivity index (χ0v) is 16.8. The molecule has 0 unspecified atom stereocenters. The zero-order valence-electron chi connectivity index (χ0n) is 16.0. The standard InChI is InChI=1S/C22H23N3O2S/c1-16-5-7-18(8-6-16)22(27)24-15-3-4-21(26)25-19-11-9-17(10-12-19)20(28-2)13-14-23/h5-13H,3-4,15H2,1-2H3,(H,24,27)(H,25,26)/b20-13+. The molecule has 2 aromatic carbocycles. The van der Waals surface area contributed by atoms with E-state index in [-0.39, 0.29) is 11.8 Å². The smallest absolute Gasteiger partial charge is 0.251 e. The number of nitrogens with zero attached hydrogens (tertiary/aromatic N) is 1. The number of thioether (sulfide) groups is 1. The van der Waals surface area contributed by atoms with Crippen molar-refractivity contribution in [2.45, 2.75) is 19.8 Å². The lowest BCUT2D eigenvalue weighted by Gasteiger charge is -2.08. The van der Waals surface area contributed by atoms with Gasteiger partial charge in [-0.05, 0) is 49.4 Å². The Balaban J connectivity index is 1.75. The van der Waals surface area contributed by atoms with Crippen LogP contribution in [0.1, 0.15) is 34.3 Å². The fraction of sp³-hybridized carbons (Fsp3) is 0.227. The number of rotatable bonds is 8. The van der Waals surface area contributed by atoms with E-state index in [0.29, 0.717) is 30.6 Å². The van der Waals surface area contributed by atoms with Crippen LogP contribution in [-0.2, 0) is 4.79 Å². The van der Waals surface area contributed by atoms with Crippen LogP contribution in [0.3, 0.4) is 0 Å². The Morgan fingerprint density at radius 3 is 2.32 bits per heavy atom. The lowest BCUT2D eigenvalue weighted by atomic mass is 10.1. The molecule has 0 aliphatic heterocycles. The predicted molar refractivity (Wildman–Crippen MR) is 115 cm³/mol. The van der Waals surface area contributed by atoms with Crippen LogP contribution in [0.2, 0.25) is 0 Å². The van der Waals surface area contributed by atoms with Crippen molar-refractivity contribution in [1.29, 1.82) is 5.26 Å². The van der Waals surface area contributed by atoms with E-state index in [1.54, 1.807) is 12.1 Å². The van der Waals surface area contributed by atoms with Crippen LogP contribution >= 0.6 is 11.8 Å². The van der Waals surface area contributed by atoms with Crippen LogP contribution in [0.15, 0.2) is 54.6 Å². The molecule has 0 atom stereocenters. The summed E-state index contributed by atoms with van der Waals surface area (Å²) in [5, 5.41) is 14.5.